The van der Waals surface area contributed by atoms with Gasteiger partial charge in [-0.1, -0.05) is 12.1 Å². The van der Waals surface area contributed by atoms with Crippen molar-refractivity contribution in [2.75, 3.05) is 27.3 Å². The lowest BCUT2D eigenvalue weighted by molar-refractivity contribution is 0.0773. The lowest BCUT2D eigenvalue weighted by Gasteiger charge is -2.17. The third-order valence-electron chi connectivity index (χ3n) is 4.02. The average Bonchev–Trinajstić information content (AvgIpc) is 3.18. The molecule has 27 heavy (non-hydrogen) atoms. The van der Waals surface area contributed by atoms with E-state index >= 15 is 0 Å². The monoisotopic (exact) mass is 369 g/mol. The molecule has 0 saturated carbocycles. The van der Waals surface area contributed by atoms with E-state index in [-0.39, 0.29) is 11.7 Å². The van der Waals surface area contributed by atoms with Gasteiger partial charge in [0.15, 0.2) is 11.5 Å². The van der Waals surface area contributed by atoms with E-state index in [1.165, 1.54) is 23.0 Å². The second-order valence-electron chi connectivity index (χ2n) is 5.88. The standard InChI is InChI=1S/C20H20FN3O3/c1-23(11-12-27-19-6-4-3-5-18(19)26-2)20(25)15-13-22-24(14-15)17-9-7-16(21)8-10-17/h3-10,13-14H,11-12H2,1-2H3. The van der Waals surface area contributed by atoms with Crippen molar-refractivity contribution in [2.45, 2.75) is 0 Å². The zero-order valence-corrected chi connectivity index (χ0v) is 15.1. The summed E-state index contributed by atoms with van der Waals surface area (Å²) in [5, 5.41) is 4.17. The van der Waals surface area contributed by atoms with Crippen LogP contribution < -0.4 is 9.47 Å². The Hall–Kier alpha value is -3.35. The minimum absolute atomic E-state index is 0.174. The lowest BCUT2D eigenvalue weighted by Crippen LogP contribution is -2.30. The number of halogens is 1. The number of nitrogens with zero attached hydrogens (tertiary/aromatic N) is 3. The van der Waals surface area contributed by atoms with Crippen LogP contribution in [0.1, 0.15) is 10.4 Å². The first kappa shape index (κ1) is 18.4. The summed E-state index contributed by atoms with van der Waals surface area (Å²) in [6, 6.07) is 13.2. The van der Waals surface area contributed by atoms with E-state index in [1.54, 1.807) is 37.4 Å². The maximum Gasteiger partial charge on any atom is 0.256 e. The van der Waals surface area contributed by atoms with Gasteiger partial charge in [0.25, 0.3) is 5.91 Å². The summed E-state index contributed by atoms with van der Waals surface area (Å²) in [7, 11) is 3.28. The fourth-order valence-corrected chi connectivity index (χ4v) is 2.52. The van der Waals surface area contributed by atoms with Crippen molar-refractivity contribution in [1.82, 2.24) is 14.7 Å². The van der Waals surface area contributed by atoms with E-state index in [0.29, 0.717) is 35.9 Å². The van der Waals surface area contributed by atoms with Crippen LogP contribution in [0.3, 0.4) is 0 Å². The first-order chi connectivity index (χ1) is 13.1. The quantitative estimate of drug-likeness (QED) is 0.642. The van der Waals surface area contributed by atoms with E-state index in [4.69, 9.17) is 9.47 Å². The van der Waals surface area contributed by atoms with Gasteiger partial charge in [0.1, 0.15) is 12.4 Å². The summed E-state index contributed by atoms with van der Waals surface area (Å²) < 4.78 is 25.5. The summed E-state index contributed by atoms with van der Waals surface area (Å²) in [6.45, 7) is 0.729. The van der Waals surface area contributed by atoms with Crippen molar-refractivity contribution in [3.05, 3.63) is 72.3 Å². The van der Waals surface area contributed by atoms with Crippen LogP contribution in [0, 0.1) is 5.82 Å². The Morgan fingerprint density at radius 2 is 1.85 bits per heavy atom. The number of rotatable bonds is 7. The molecule has 1 aromatic heterocycles. The van der Waals surface area contributed by atoms with Crippen LogP contribution in [0.2, 0.25) is 0 Å². The first-order valence-corrected chi connectivity index (χ1v) is 8.40. The highest BCUT2D eigenvalue weighted by molar-refractivity contribution is 5.93. The van der Waals surface area contributed by atoms with E-state index in [9.17, 15) is 9.18 Å². The van der Waals surface area contributed by atoms with Gasteiger partial charge in [-0.25, -0.2) is 9.07 Å². The third kappa shape index (κ3) is 4.44. The number of benzene rings is 2. The van der Waals surface area contributed by atoms with E-state index in [2.05, 4.69) is 5.10 Å². The summed E-state index contributed by atoms with van der Waals surface area (Å²) in [5.74, 6) is 0.779. The first-order valence-electron chi connectivity index (χ1n) is 8.40. The van der Waals surface area contributed by atoms with Crippen LogP contribution in [0.25, 0.3) is 5.69 Å². The summed E-state index contributed by atoms with van der Waals surface area (Å²) >= 11 is 0. The van der Waals surface area contributed by atoms with Crippen molar-refractivity contribution < 1.29 is 18.7 Å². The molecular weight excluding hydrogens is 349 g/mol. The van der Waals surface area contributed by atoms with Crippen molar-refractivity contribution in [2.24, 2.45) is 0 Å². The Labute approximate surface area is 156 Å². The van der Waals surface area contributed by atoms with Gasteiger partial charge >= 0.3 is 0 Å². The SMILES string of the molecule is COc1ccccc1OCCN(C)C(=O)c1cnn(-c2ccc(F)cc2)c1. The fourth-order valence-electron chi connectivity index (χ4n) is 2.52. The number of para-hydroxylation sites is 2. The number of likely N-dealkylation sites (N-methyl/N-ethyl adjacent to an activating group) is 1. The number of carbonyl (C=O) groups is 1. The number of hydrogen-bond acceptors (Lipinski definition) is 4. The van der Waals surface area contributed by atoms with Gasteiger partial charge in [0.2, 0.25) is 0 Å². The molecule has 0 aliphatic heterocycles. The number of carbonyl (C=O) groups excluding carboxylic acids is 1. The van der Waals surface area contributed by atoms with Crippen LogP contribution in [0.15, 0.2) is 60.9 Å². The van der Waals surface area contributed by atoms with Gasteiger partial charge in [-0.15, -0.1) is 0 Å². The minimum atomic E-state index is -0.322. The molecule has 2 aromatic carbocycles. The fraction of sp³-hybridized carbons (Fsp3) is 0.200. The van der Waals surface area contributed by atoms with Crippen molar-refractivity contribution in [1.29, 1.82) is 0 Å². The minimum Gasteiger partial charge on any atom is -0.493 e. The summed E-state index contributed by atoms with van der Waals surface area (Å²) in [4.78, 5) is 14.1. The third-order valence-corrected chi connectivity index (χ3v) is 4.02. The molecule has 3 aromatic rings. The van der Waals surface area contributed by atoms with Crippen LogP contribution in [0.5, 0.6) is 11.5 Å². The van der Waals surface area contributed by atoms with Crippen LogP contribution >= 0.6 is 0 Å². The average molecular weight is 369 g/mol. The number of amides is 1. The molecule has 3 rings (SSSR count). The van der Waals surface area contributed by atoms with Gasteiger partial charge in [0.05, 0.1) is 31.1 Å². The molecule has 0 aliphatic rings. The smallest absolute Gasteiger partial charge is 0.256 e. The molecule has 0 radical (unpaired) electrons. The number of methoxy groups -OCH3 is 1. The zero-order valence-electron chi connectivity index (χ0n) is 15.1. The molecule has 0 aliphatic carbocycles. The molecule has 0 unspecified atom stereocenters. The maximum atomic E-state index is 13.0. The molecule has 0 bridgehead atoms. The number of hydrogen-bond donors (Lipinski definition) is 0. The normalized spacial score (nSPS) is 10.5. The van der Waals surface area contributed by atoms with Crippen molar-refractivity contribution >= 4 is 5.91 Å². The topological polar surface area (TPSA) is 56.6 Å². The second-order valence-corrected chi connectivity index (χ2v) is 5.88. The Bertz CT molecular complexity index is 909. The lowest BCUT2D eigenvalue weighted by atomic mass is 10.3. The molecule has 140 valence electrons. The molecular formula is C20H20FN3O3. The van der Waals surface area contributed by atoms with Gasteiger partial charge < -0.3 is 14.4 Å². The second kappa shape index (κ2) is 8.35. The van der Waals surface area contributed by atoms with E-state index in [0.717, 1.165) is 0 Å². The van der Waals surface area contributed by atoms with E-state index < -0.39 is 0 Å². The molecule has 0 N–H and O–H groups in total. The molecule has 1 amide bonds. The Morgan fingerprint density at radius 3 is 2.56 bits per heavy atom. The highest BCUT2D eigenvalue weighted by Crippen LogP contribution is 2.25. The predicted molar refractivity (Wildman–Crippen MR) is 99.0 cm³/mol. The molecule has 0 spiro atoms. The number of aromatic nitrogens is 2. The molecule has 1 heterocycles. The van der Waals surface area contributed by atoms with Gasteiger partial charge in [-0.3, -0.25) is 4.79 Å². The van der Waals surface area contributed by atoms with Gasteiger partial charge in [-0.05, 0) is 36.4 Å². The highest BCUT2D eigenvalue weighted by atomic mass is 19.1. The van der Waals surface area contributed by atoms with Gasteiger partial charge in [0, 0.05) is 13.2 Å². The maximum absolute atomic E-state index is 13.0. The molecule has 0 saturated heterocycles. The summed E-state index contributed by atoms with van der Waals surface area (Å²) in [5.41, 5.74) is 1.12. The molecule has 0 fully saturated rings. The van der Waals surface area contributed by atoms with Crippen LogP contribution in [0.4, 0.5) is 4.39 Å². The van der Waals surface area contributed by atoms with E-state index in [1.807, 2.05) is 24.3 Å². The molecule has 6 nitrogen and oxygen atoms in total. The Kier molecular flexibility index (Phi) is 5.71. The molecule has 0 atom stereocenters. The van der Waals surface area contributed by atoms with Crippen LogP contribution in [-0.4, -0.2) is 47.9 Å². The van der Waals surface area contributed by atoms with Gasteiger partial charge in [-0.2, -0.15) is 5.10 Å². The number of ether oxygens (including phenoxy) is 2. The Balaban J connectivity index is 1.58. The largest absolute Gasteiger partial charge is 0.493 e. The Morgan fingerprint density at radius 1 is 1.15 bits per heavy atom. The highest BCUT2D eigenvalue weighted by Gasteiger charge is 2.15. The zero-order chi connectivity index (χ0) is 19.2. The van der Waals surface area contributed by atoms with Crippen LogP contribution in [-0.2, 0) is 0 Å². The van der Waals surface area contributed by atoms with Crippen molar-refractivity contribution in [3.63, 3.8) is 0 Å². The molecule has 7 heteroatoms. The van der Waals surface area contributed by atoms with Crippen molar-refractivity contribution in [3.8, 4) is 17.2 Å². The summed E-state index contributed by atoms with van der Waals surface area (Å²) in [6.07, 6.45) is 3.11. The predicted octanol–water partition coefficient (Wildman–Crippen LogP) is 3.17.